The van der Waals surface area contributed by atoms with Gasteiger partial charge < -0.3 is 15.4 Å². The summed E-state index contributed by atoms with van der Waals surface area (Å²) in [5.74, 6) is -2.10. The van der Waals surface area contributed by atoms with E-state index in [9.17, 15) is 32.3 Å². The van der Waals surface area contributed by atoms with Crippen molar-refractivity contribution in [3.63, 3.8) is 0 Å². The maximum absolute atomic E-state index is 12.9. The van der Waals surface area contributed by atoms with Crippen molar-refractivity contribution in [1.29, 1.82) is 0 Å². The minimum absolute atomic E-state index is 0.197. The molecule has 168 valence electrons. The van der Waals surface area contributed by atoms with Gasteiger partial charge in [-0.25, -0.2) is 4.79 Å². The van der Waals surface area contributed by atoms with Crippen LogP contribution in [0.3, 0.4) is 0 Å². The van der Waals surface area contributed by atoms with Gasteiger partial charge in [-0.3, -0.25) is 19.3 Å². The summed E-state index contributed by atoms with van der Waals surface area (Å²) >= 11 is 0. The number of anilines is 1. The molecule has 2 aromatic rings. The molecule has 1 aliphatic heterocycles. The number of imide groups is 1. The Morgan fingerprint density at radius 2 is 1.78 bits per heavy atom. The standard InChI is InChI=1S/C21H18F3N3O5/c1-12(28)13-4-3-5-15(10-13)25-17(29)11-27-18(30)20(2,26-19(27)31)14-6-8-16(9-7-14)32-21(22,23)24/h3-10H,11H2,1-2H3,(H,25,29)(H,26,31). The first kappa shape index (κ1) is 22.8. The highest BCUT2D eigenvalue weighted by Crippen LogP contribution is 2.31. The SMILES string of the molecule is CC(=O)c1cccc(NC(=O)CN2C(=O)NC(C)(c3ccc(OC(F)(F)F)cc3)C2=O)c1. The quantitative estimate of drug-likeness (QED) is 0.521. The number of alkyl halides is 3. The Hall–Kier alpha value is -3.89. The zero-order chi connectivity index (χ0) is 23.7. The second kappa shape index (κ2) is 8.33. The lowest BCUT2D eigenvalue weighted by Crippen LogP contribution is -2.42. The Kier molecular flexibility index (Phi) is 5.93. The predicted molar refractivity (Wildman–Crippen MR) is 106 cm³/mol. The number of nitrogens with one attached hydrogen (secondary N) is 2. The third kappa shape index (κ3) is 4.88. The van der Waals surface area contributed by atoms with Crippen molar-refractivity contribution in [3.8, 4) is 5.75 Å². The fourth-order valence-electron chi connectivity index (χ4n) is 3.19. The number of Topliss-reactive ketones (excluding diaryl/α,β-unsaturated/α-hetero) is 1. The normalized spacial score (nSPS) is 18.3. The van der Waals surface area contributed by atoms with Crippen molar-refractivity contribution in [1.82, 2.24) is 10.2 Å². The van der Waals surface area contributed by atoms with Gasteiger partial charge in [0.1, 0.15) is 17.8 Å². The number of ether oxygens (including phenoxy) is 1. The van der Waals surface area contributed by atoms with E-state index in [-0.39, 0.29) is 11.3 Å². The summed E-state index contributed by atoms with van der Waals surface area (Å²) < 4.78 is 40.8. The number of nitrogens with zero attached hydrogens (tertiary/aromatic N) is 1. The maximum Gasteiger partial charge on any atom is 0.573 e. The molecule has 0 spiro atoms. The van der Waals surface area contributed by atoms with Crippen LogP contribution in [-0.4, -0.2) is 41.4 Å². The number of amides is 4. The topological polar surface area (TPSA) is 105 Å². The molecular weight excluding hydrogens is 431 g/mol. The minimum Gasteiger partial charge on any atom is -0.406 e. The van der Waals surface area contributed by atoms with E-state index in [1.807, 2.05) is 0 Å². The van der Waals surface area contributed by atoms with E-state index >= 15 is 0 Å². The van der Waals surface area contributed by atoms with E-state index in [2.05, 4.69) is 15.4 Å². The number of urea groups is 1. The van der Waals surface area contributed by atoms with Crippen LogP contribution >= 0.6 is 0 Å². The molecule has 11 heteroatoms. The third-order valence-corrected chi connectivity index (χ3v) is 4.79. The van der Waals surface area contributed by atoms with Gasteiger partial charge in [0.15, 0.2) is 5.78 Å². The molecule has 8 nitrogen and oxygen atoms in total. The summed E-state index contributed by atoms with van der Waals surface area (Å²) in [6.45, 7) is 2.15. The van der Waals surface area contributed by atoms with Crippen molar-refractivity contribution in [3.05, 3.63) is 59.7 Å². The summed E-state index contributed by atoms with van der Waals surface area (Å²) in [5.41, 5.74) is -0.675. The maximum atomic E-state index is 12.9. The van der Waals surface area contributed by atoms with E-state index in [0.29, 0.717) is 16.2 Å². The van der Waals surface area contributed by atoms with E-state index < -0.39 is 42.0 Å². The molecule has 2 N–H and O–H groups in total. The first-order chi connectivity index (χ1) is 14.9. The molecule has 32 heavy (non-hydrogen) atoms. The zero-order valence-corrected chi connectivity index (χ0v) is 16.9. The average molecular weight is 449 g/mol. The molecule has 1 unspecified atom stereocenters. The number of halogens is 3. The average Bonchev–Trinajstić information content (AvgIpc) is 2.91. The summed E-state index contributed by atoms with van der Waals surface area (Å²) in [7, 11) is 0. The van der Waals surface area contributed by atoms with Crippen molar-refractivity contribution in [2.45, 2.75) is 25.7 Å². The Labute approximate surface area is 180 Å². The van der Waals surface area contributed by atoms with Crippen LogP contribution in [0.1, 0.15) is 29.8 Å². The molecule has 0 saturated carbocycles. The van der Waals surface area contributed by atoms with Crippen molar-refractivity contribution < 1.29 is 37.1 Å². The number of carbonyl (C=O) groups excluding carboxylic acids is 4. The highest BCUT2D eigenvalue weighted by atomic mass is 19.4. The van der Waals surface area contributed by atoms with Crippen LogP contribution in [0.5, 0.6) is 5.75 Å². The lowest BCUT2D eigenvalue weighted by Gasteiger charge is -2.22. The fraction of sp³-hybridized carbons (Fsp3) is 0.238. The second-order valence-electron chi connectivity index (χ2n) is 7.20. The molecule has 3 rings (SSSR count). The number of hydrogen-bond acceptors (Lipinski definition) is 5. The molecule has 1 aliphatic rings. The van der Waals surface area contributed by atoms with Crippen LogP contribution in [0.2, 0.25) is 0 Å². The Bertz CT molecular complexity index is 1080. The molecule has 1 atom stereocenters. The third-order valence-electron chi connectivity index (χ3n) is 4.79. The van der Waals surface area contributed by atoms with Crippen LogP contribution in [0, 0.1) is 0 Å². The van der Waals surface area contributed by atoms with Gasteiger partial charge in [0, 0.05) is 11.3 Å². The molecule has 0 aliphatic carbocycles. The van der Waals surface area contributed by atoms with Gasteiger partial charge in [-0.1, -0.05) is 24.3 Å². The van der Waals surface area contributed by atoms with Crippen LogP contribution in [0.25, 0.3) is 0 Å². The number of carbonyl (C=O) groups is 4. The van der Waals surface area contributed by atoms with Crippen molar-refractivity contribution >= 4 is 29.3 Å². The number of rotatable bonds is 6. The van der Waals surface area contributed by atoms with Gasteiger partial charge in [-0.05, 0) is 43.7 Å². The lowest BCUT2D eigenvalue weighted by atomic mass is 9.92. The smallest absolute Gasteiger partial charge is 0.406 e. The lowest BCUT2D eigenvalue weighted by molar-refractivity contribution is -0.274. The first-order valence-corrected chi connectivity index (χ1v) is 9.30. The van der Waals surface area contributed by atoms with Gasteiger partial charge in [-0.2, -0.15) is 0 Å². The van der Waals surface area contributed by atoms with E-state index in [1.54, 1.807) is 18.2 Å². The molecule has 0 aromatic heterocycles. The van der Waals surface area contributed by atoms with Gasteiger partial charge in [0.05, 0.1) is 0 Å². The van der Waals surface area contributed by atoms with E-state index in [4.69, 9.17) is 0 Å². The monoisotopic (exact) mass is 449 g/mol. The zero-order valence-electron chi connectivity index (χ0n) is 16.9. The molecule has 2 aromatic carbocycles. The summed E-state index contributed by atoms with van der Waals surface area (Å²) in [5, 5.41) is 4.97. The first-order valence-electron chi connectivity index (χ1n) is 9.30. The molecular formula is C21H18F3N3O5. The molecule has 0 radical (unpaired) electrons. The summed E-state index contributed by atoms with van der Waals surface area (Å²) in [6, 6.07) is 9.80. The van der Waals surface area contributed by atoms with Gasteiger partial charge in [0.25, 0.3) is 5.91 Å². The molecule has 0 bridgehead atoms. The van der Waals surface area contributed by atoms with E-state index in [1.165, 1.54) is 32.0 Å². The van der Waals surface area contributed by atoms with Gasteiger partial charge >= 0.3 is 12.4 Å². The summed E-state index contributed by atoms with van der Waals surface area (Å²) in [4.78, 5) is 49.8. The Morgan fingerprint density at radius 3 is 2.38 bits per heavy atom. The van der Waals surface area contributed by atoms with Crippen LogP contribution in [0.4, 0.5) is 23.7 Å². The van der Waals surface area contributed by atoms with Crippen molar-refractivity contribution in [2.75, 3.05) is 11.9 Å². The highest BCUT2D eigenvalue weighted by molar-refractivity contribution is 6.10. The van der Waals surface area contributed by atoms with Crippen molar-refractivity contribution in [2.24, 2.45) is 0 Å². The fourth-order valence-corrected chi connectivity index (χ4v) is 3.19. The molecule has 1 saturated heterocycles. The molecule has 1 fully saturated rings. The Morgan fingerprint density at radius 1 is 1.12 bits per heavy atom. The molecule has 1 heterocycles. The van der Waals surface area contributed by atoms with Crippen LogP contribution < -0.4 is 15.4 Å². The van der Waals surface area contributed by atoms with Gasteiger partial charge in [0.2, 0.25) is 5.91 Å². The minimum atomic E-state index is -4.86. The van der Waals surface area contributed by atoms with Gasteiger partial charge in [-0.15, -0.1) is 13.2 Å². The predicted octanol–water partition coefficient (Wildman–Crippen LogP) is 3.19. The largest absolute Gasteiger partial charge is 0.573 e. The summed E-state index contributed by atoms with van der Waals surface area (Å²) in [6.07, 6.45) is -4.86. The second-order valence-corrected chi connectivity index (χ2v) is 7.20. The highest BCUT2D eigenvalue weighted by Gasteiger charge is 2.49. The number of ketones is 1. The Balaban J connectivity index is 1.71. The van der Waals surface area contributed by atoms with E-state index in [0.717, 1.165) is 12.1 Å². The molecule has 4 amide bonds. The number of benzene rings is 2. The van der Waals surface area contributed by atoms with Crippen LogP contribution in [0.15, 0.2) is 48.5 Å². The number of hydrogen-bond donors (Lipinski definition) is 2. The van der Waals surface area contributed by atoms with Crippen LogP contribution in [-0.2, 0) is 15.1 Å².